The number of benzene rings is 1. The molecule has 1 unspecified atom stereocenters. The molecule has 1 aromatic carbocycles. The van der Waals surface area contributed by atoms with Crippen LogP contribution in [0.1, 0.15) is 23.6 Å². The highest BCUT2D eigenvalue weighted by Crippen LogP contribution is 2.37. The van der Waals surface area contributed by atoms with Gasteiger partial charge in [0.05, 0.1) is 6.61 Å². The molecule has 0 amide bonds. The van der Waals surface area contributed by atoms with Crippen molar-refractivity contribution >= 4 is 7.37 Å². The molecule has 102 valence electrons. The Bertz CT molecular complexity index is 445. The van der Waals surface area contributed by atoms with Gasteiger partial charge in [-0.15, -0.1) is 0 Å². The first kappa shape index (κ1) is 15.4. The molecular formula is C13H21FNO2P. The van der Waals surface area contributed by atoms with Crippen molar-refractivity contribution in [2.45, 2.75) is 19.4 Å². The maximum Gasteiger partial charge on any atom is 0.197 e. The van der Waals surface area contributed by atoms with E-state index in [0.717, 1.165) is 5.56 Å². The predicted octanol–water partition coefficient (Wildman–Crippen LogP) is 3.34. The number of halogens is 1. The molecule has 18 heavy (non-hydrogen) atoms. The fraction of sp³-hybridized carbons (Fsp3) is 0.538. The lowest BCUT2D eigenvalue weighted by Crippen LogP contribution is -2.19. The Morgan fingerprint density at radius 3 is 2.61 bits per heavy atom. The molecule has 1 atom stereocenters. The van der Waals surface area contributed by atoms with Crippen LogP contribution in [0.25, 0.3) is 0 Å². The van der Waals surface area contributed by atoms with Gasteiger partial charge in [0.1, 0.15) is 5.82 Å². The summed E-state index contributed by atoms with van der Waals surface area (Å²) in [6, 6.07) is 5.06. The van der Waals surface area contributed by atoms with Gasteiger partial charge in [-0.2, -0.15) is 0 Å². The van der Waals surface area contributed by atoms with Crippen LogP contribution in [0, 0.1) is 12.7 Å². The minimum Gasteiger partial charge on any atom is -0.329 e. The largest absolute Gasteiger partial charge is 0.329 e. The molecule has 1 N–H and O–H groups in total. The van der Waals surface area contributed by atoms with Crippen molar-refractivity contribution in [3.05, 3.63) is 35.1 Å². The van der Waals surface area contributed by atoms with Crippen molar-refractivity contribution in [1.82, 2.24) is 5.32 Å². The average Bonchev–Trinajstić information content (AvgIpc) is 2.24. The molecule has 0 bridgehead atoms. The first-order valence-electron chi connectivity index (χ1n) is 5.96. The molecule has 3 nitrogen and oxygen atoms in total. The van der Waals surface area contributed by atoms with E-state index in [-0.39, 0.29) is 11.9 Å². The van der Waals surface area contributed by atoms with Gasteiger partial charge >= 0.3 is 0 Å². The quantitative estimate of drug-likeness (QED) is 0.808. The molecule has 1 rings (SSSR count). The maximum atomic E-state index is 13.8. The molecule has 0 aromatic heterocycles. The van der Waals surface area contributed by atoms with Crippen LogP contribution in [0.2, 0.25) is 0 Å². The van der Waals surface area contributed by atoms with Crippen LogP contribution in [0.3, 0.4) is 0 Å². The van der Waals surface area contributed by atoms with E-state index < -0.39 is 7.37 Å². The summed E-state index contributed by atoms with van der Waals surface area (Å²) >= 11 is 0. The number of rotatable bonds is 6. The van der Waals surface area contributed by atoms with E-state index in [1.54, 1.807) is 26.4 Å². The molecule has 0 aliphatic carbocycles. The third-order valence-corrected chi connectivity index (χ3v) is 3.49. The standard InChI is InChI=1S/C13H21FNO2P/c1-10-5-6-11(12(14)9-10)13(15-2)7-8-17-18(3,4)16/h5-6,9,13,15H,7-8H2,1-4H3. The highest BCUT2D eigenvalue weighted by Gasteiger charge is 2.15. The summed E-state index contributed by atoms with van der Waals surface area (Å²) in [6.45, 7) is 5.36. The molecule has 0 fully saturated rings. The molecular weight excluding hydrogens is 252 g/mol. The SMILES string of the molecule is CNC(CCOP(C)(C)=O)c1ccc(C)cc1F. The maximum absolute atomic E-state index is 13.8. The van der Waals surface area contributed by atoms with Gasteiger partial charge in [0.2, 0.25) is 0 Å². The van der Waals surface area contributed by atoms with E-state index in [4.69, 9.17) is 4.52 Å². The highest BCUT2D eigenvalue weighted by atomic mass is 31.2. The third-order valence-electron chi connectivity index (χ3n) is 2.69. The first-order valence-corrected chi connectivity index (χ1v) is 8.48. The highest BCUT2D eigenvalue weighted by molar-refractivity contribution is 7.57. The van der Waals surface area contributed by atoms with Crippen molar-refractivity contribution in [3.8, 4) is 0 Å². The van der Waals surface area contributed by atoms with Gasteiger partial charge < -0.3 is 9.84 Å². The van der Waals surface area contributed by atoms with Gasteiger partial charge in [-0.3, -0.25) is 4.57 Å². The summed E-state index contributed by atoms with van der Waals surface area (Å²) in [5.41, 5.74) is 1.52. The Hall–Kier alpha value is -0.700. The minimum atomic E-state index is -2.47. The third kappa shape index (κ3) is 4.89. The fourth-order valence-corrected chi connectivity index (χ4v) is 2.31. The summed E-state index contributed by atoms with van der Waals surface area (Å²) in [5, 5.41) is 3.06. The van der Waals surface area contributed by atoms with Crippen LogP contribution in [-0.4, -0.2) is 27.0 Å². The number of hydrogen-bond donors (Lipinski definition) is 1. The minimum absolute atomic E-state index is 0.128. The Labute approximate surface area is 108 Å². The molecule has 0 heterocycles. The summed E-state index contributed by atoms with van der Waals surface area (Å²) < 4.78 is 30.5. The molecule has 5 heteroatoms. The lowest BCUT2D eigenvalue weighted by atomic mass is 10.0. The van der Waals surface area contributed by atoms with Crippen molar-refractivity contribution in [2.24, 2.45) is 0 Å². The smallest absolute Gasteiger partial charge is 0.197 e. The van der Waals surface area contributed by atoms with Crippen LogP contribution in [0.15, 0.2) is 18.2 Å². The Kier molecular flexibility index (Phi) is 5.51. The monoisotopic (exact) mass is 273 g/mol. The van der Waals surface area contributed by atoms with Crippen molar-refractivity contribution in [3.63, 3.8) is 0 Å². The zero-order valence-corrected chi connectivity index (χ0v) is 12.3. The number of nitrogens with one attached hydrogen (secondary N) is 1. The predicted molar refractivity (Wildman–Crippen MR) is 73.0 cm³/mol. The summed E-state index contributed by atoms with van der Waals surface area (Å²) in [6.07, 6.45) is 0.585. The van der Waals surface area contributed by atoms with Gasteiger partial charge in [-0.1, -0.05) is 12.1 Å². The topological polar surface area (TPSA) is 38.3 Å². The van der Waals surface area contributed by atoms with Gasteiger partial charge in [0.25, 0.3) is 0 Å². The molecule has 0 spiro atoms. The van der Waals surface area contributed by atoms with Gasteiger partial charge in [0, 0.05) is 24.9 Å². The lowest BCUT2D eigenvalue weighted by molar-refractivity contribution is 0.293. The molecule has 0 aliphatic heterocycles. The summed E-state index contributed by atoms with van der Waals surface area (Å²) in [7, 11) is -0.686. The molecule has 0 saturated heterocycles. The second-order valence-electron chi connectivity index (χ2n) is 4.74. The molecule has 0 radical (unpaired) electrons. The van der Waals surface area contributed by atoms with Crippen LogP contribution in [-0.2, 0) is 9.09 Å². The Morgan fingerprint density at radius 1 is 1.44 bits per heavy atom. The molecule has 1 aromatic rings. The summed E-state index contributed by atoms with van der Waals surface area (Å²) in [5.74, 6) is -0.217. The summed E-state index contributed by atoms with van der Waals surface area (Å²) in [4.78, 5) is 0. The second kappa shape index (κ2) is 6.46. The lowest BCUT2D eigenvalue weighted by Gasteiger charge is -2.18. The first-order chi connectivity index (χ1) is 8.33. The normalized spacial score (nSPS) is 13.6. The van der Waals surface area contributed by atoms with Gasteiger partial charge in [0.15, 0.2) is 7.37 Å². The Morgan fingerprint density at radius 2 is 2.11 bits per heavy atom. The van der Waals surface area contributed by atoms with Crippen LogP contribution < -0.4 is 5.32 Å². The van der Waals surface area contributed by atoms with Crippen molar-refractivity contribution in [2.75, 3.05) is 27.0 Å². The number of hydrogen-bond acceptors (Lipinski definition) is 3. The van der Waals surface area contributed by atoms with Crippen LogP contribution >= 0.6 is 7.37 Å². The fourth-order valence-electron chi connectivity index (χ4n) is 1.76. The molecule has 0 saturated carbocycles. The van der Waals surface area contributed by atoms with E-state index >= 15 is 0 Å². The zero-order chi connectivity index (χ0) is 13.8. The second-order valence-corrected chi connectivity index (χ2v) is 7.50. The van der Waals surface area contributed by atoms with Crippen molar-refractivity contribution in [1.29, 1.82) is 0 Å². The zero-order valence-electron chi connectivity index (χ0n) is 11.4. The van der Waals surface area contributed by atoms with Crippen LogP contribution in [0.5, 0.6) is 0 Å². The number of aryl methyl sites for hydroxylation is 1. The average molecular weight is 273 g/mol. The van der Waals surface area contributed by atoms with E-state index in [1.807, 2.05) is 13.0 Å². The van der Waals surface area contributed by atoms with E-state index in [1.165, 1.54) is 6.07 Å². The Balaban J connectivity index is 2.68. The van der Waals surface area contributed by atoms with E-state index in [9.17, 15) is 8.96 Å². The van der Waals surface area contributed by atoms with Gasteiger partial charge in [-0.05, 0) is 32.0 Å². The van der Waals surface area contributed by atoms with E-state index in [2.05, 4.69) is 5.32 Å². The van der Waals surface area contributed by atoms with Crippen LogP contribution in [0.4, 0.5) is 4.39 Å². The van der Waals surface area contributed by atoms with Crippen molar-refractivity contribution < 1.29 is 13.5 Å². The van der Waals surface area contributed by atoms with E-state index in [0.29, 0.717) is 18.6 Å². The molecule has 0 aliphatic rings. The van der Waals surface area contributed by atoms with Gasteiger partial charge in [-0.25, -0.2) is 4.39 Å².